The fourth-order valence-electron chi connectivity index (χ4n) is 6.61. The number of amides is 2. The molecule has 0 bridgehead atoms. The minimum Gasteiger partial charge on any atom is -0.268 e. The fraction of sp³-hybridized carbons (Fsp3) is 0.231. The Bertz CT molecular complexity index is 1970. The van der Waals surface area contributed by atoms with E-state index in [0.717, 1.165) is 66.2 Å². The van der Waals surface area contributed by atoms with Gasteiger partial charge in [-0.05, 0) is 100 Å². The third-order valence-corrected chi connectivity index (χ3v) is 8.60. The minimum atomic E-state index is -0.265. The van der Waals surface area contributed by atoms with Crippen molar-refractivity contribution < 1.29 is 9.59 Å². The van der Waals surface area contributed by atoms with E-state index < -0.39 is 0 Å². The van der Waals surface area contributed by atoms with Gasteiger partial charge < -0.3 is 0 Å². The maximum absolute atomic E-state index is 14.4. The largest absolute Gasteiger partial charge is 0.268 e. The first kappa shape index (κ1) is 27.5. The summed E-state index contributed by atoms with van der Waals surface area (Å²) in [4.78, 5) is 30.2. The van der Waals surface area contributed by atoms with Gasteiger partial charge in [-0.1, -0.05) is 88.2 Å². The van der Waals surface area contributed by atoms with Crippen LogP contribution in [0.5, 0.6) is 0 Å². The van der Waals surface area contributed by atoms with Crippen LogP contribution in [-0.4, -0.2) is 11.8 Å². The lowest BCUT2D eigenvalue weighted by atomic mass is 9.84. The summed E-state index contributed by atoms with van der Waals surface area (Å²) in [5.41, 5.74) is 9.14. The lowest BCUT2D eigenvalue weighted by molar-refractivity contribution is 0.0893. The van der Waals surface area contributed by atoms with Crippen LogP contribution in [0.4, 0.5) is 5.69 Å². The van der Waals surface area contributed by atoms with Crippen LogP contribution in [0.1, 0.15) is 95.0 Å². The van der Waals surface area contributed by atoms with Crippen molar-refractivity contribution in [3.63, 3.8) is 0 Å². The third kappa shape index (κ3) is 4.05. The third-order valence-electron chi connectivity index (χ3n) is 8.60. The Kier molecular flexibility index (Phi) is 6.74. The van der Waals surface area contributed by atoms with Gasteiger partial charge in [-0.3, -0.25) is 9.59 Å². The molecule has 5 aromatic rings. The summed E-state index contributed by atoms with van der Waals surface area (Å²) in [6, 6.07) is 24.5. The Morgan fingerprint density at radius 1 is 0.595 bits per heavy atom. The van der Waals surface area contributed by atoms with Gasteiger partial charge in [-0.15, -0.1) is 5.92 Å². The van der Waals surface area contributed by atoms with E-state index in [9.17, 15) is 9.59 Å². The molecular formula is C39H35NO2. The minimum absolute atomic E-state index is 0.151. The number of imide groups is 1. The molecule has 2 amide bonds. The number of fused-ring (bicyclic) bond motifs is 1. The molecule has 0 spiro atoms. The van der Waals surface area contributed by atoms with Crippen LogP contribution in [0, 0.1) is 25.7 Å². The lowest BCUT2D eigenvalue weighted by Gasteiger charge is -2.33. The van der Waals surface area contributed by atoms with Crippen LogP contribution in [0.3, 0.4) is 0 Å². The number of hydrogen-bond acceptors (Lipinski definition) is 2. The predicted octanol–water partition coefficient (Wildman–Crippen LogP) is 9.70. The van der Waals surface area contributed by atoms with Gasteiger partial charge in [0.15, 0.2) is 0 Å². The van der Waals surface area contributed by atoms with E-state index >= 15 is 0 Å². The van der Waals surface area contributed by atoms with Crippen LogP contribution in [0.15, 0.2) is 72.8 Å². The Morgan fingerprint density at radius 3 is 1.74 bits per heavy atom. The van der Waals surface area contributed by atoms with Gasteiger partial charge >= 0.3 is 0 Å². The van der Waals surface area contributed by atoms with Crippen LogP contribution < -0.4 is 4.90 Å². The molecule has 1 heterocycles. The molecule has 0 aromatic heterocycles. The maximum Gasteiger partial charge on any atom is 0.266 e. The highest BCUT2D eigenvalue weighted by Gasteiger charge is 2.37. The topological polar surface area (TPSA) is 37.4 Å². The second kappa shape index (κ2) is 10.3. The molecule has 0 N–H and O–H groups in total. The molecule has 6 rings (SSSR count). The van der Waals surface area contributed by atoms with E-state index in [1.807, 2.05) is 43.3 Å². The number of carbonyl (C=O) groups excluding carboxylic acids is 2. The predicted molar refractivity (Wildman–Crippen MR) is 175 cm³/mol. The molecule has 0 radical (unpaired) electrons. The Morgan fingerprint density at radius 2 is 1.12 bits per heavy atom. The number of rotatable bonds is 4. The van der Waals surface area contributed by atoms with Gasteiger partial charge in [-0.25, -0.2) is 4.90 Å². The summed E-state index contributed by atoms with van der Waals surface area (Å²) in [6.45, 7) is 14.5. The molecule has 42 heavy (non-hydrogen) atoms. The number of anilines is 1. The summed E-state index contributed by atoms with van der Waals surface area (Å²) in [5.74, 6) is 6.07. The number of hydrogen-bond donors (Lipinski definition) is 0. The fourth-order valence-corrected chi connectivity index (χ4v) is 6.61. The van der Waals surface area contributed by atoms with Gasteiger partial charge in [0.2, 0.25) is 0 Å². The quantitative estimate of drug-likeness (QED) is 0.165. The lowest BCUT2D eigenvalue weighted by Crippen LogP contribution is -2.41. The van der Waals surface area contributed by atoms with Gasteiger partial charge in [0.1, 0.15) is 0 Å². The number of benzene rings is 5. The van der Waals surface area contributed by atoms with Crippen molar-refractivity contribution in [3.05, 3.63) is 112 Å². The first-order chi connectivity index (χ1) is 20.1. The molecule has 0 saturated heterocycles. The first-order valence-corrected chi connectivity index (χ1v) is 14.7. The molecule has 3 heteroatoms. The SMILES string of the molecule is CC#Cc1ccc(C)c2c(-c3ccc4c5c(ccc(C)c35)C(=O)N(c3c(C(C)C)cccc3C(C)C)C4=O)cccc12. The molecular weight excluding hydrogens is 514 g/mol. The normalized spacial score (nSPS) is 12.9. The Balaban J connectivity index is 1.65. The first-order valence-electron chi connectivity index (χ1n) is 14.7. The van der Waals surface area contributed by atoms with Crippen molar-refractivity contribution in [2.75, 3.05) is 4.90 Å². The standard InChI is InChI=1S/C39H35NO2/c1-8-11-26-18-16-24(6)34-29(26)14-10-15-30(34)31-20-21-33-36-32(19-17-25(7)35(31)36)38(41)40(39(33)42)37-27(22(2)3)12-9-13-28(37)23(4)5/h9-10,12-23H,1-7H3. The van der Waals surface area contributed by atoms with Gasteiger partial charge in [0.25, 0.3) is 11.8 Å². The van der Waals surface area contributed by atoms with Crippen molar-refractivity contribution in [1.82, 2.24) is 0 Å². The average molecular weight is 550 g/mol. The van der Waals surface area contributed by atoms with E-state index in [0.29, 0.717) is 11.1 Å². The highest BCUT2D eigenvalue weighted by molar-refractivity contribution is 6.37. The number of carbonyl (C=O) groups is 2. The van der Waals surface area contributed by atoms with Gasteiger partial charge in [0, 0.05) is 22.1 Å². The van der Waals surface area contributed by atoms with Crippen LogP contribution in [0.25, 0.3) is 32.7 Å². The highest BCUT2D eigenvalue weighted by Crippen LogP contribution is 2.44. The zero-order valence-electron chi connectivity index (χ0n) is 25.3. The van der Waals surface area contributed by atoms with Crippen molar-refractivity contribution in [3.8, 4) is 23.0 Å². The molecule has 0 atom stereocenters. The smallest absolute Gasteiger partial charge is 0.266 e. The molecule has 1 aliphatic heterocycles. The van der Waals surface area contributed by atoms with Gasteiger partial charge in [-0.2, -0.15) is 0 Å². The zero-order valence-corrected chi connectivity index (χ0v) is 25.3. The van der Waals surface area contributed by atoms with E-state index in [2.05, 4.69) is 89.8 Å². The van der Waals surface area contributed by atoms with Gasteiger partial charge in [0.05, 0.1) is 5.69 Å². The molecule has 3 nitrogen and oxygen atoms in total. The molecule has 0 saturated carbocycles. The van der Waals surface area contributed by atoms with Crippen molar-refractivity contribution >= 4 is 39.0 Å². The van der Waals surface area contributed by atoms with Crippen LogP contribution >= 0.6 is 0 Å². The van der Waals surface area contributed by atoms with E-state index in [4.69, 9.17) is 0 Å². The number of aryl methyl sites for hydroxylation is 2. The molecule has 0 fully saturated rings. The molecule has 0 aliphatic carbocycles. The zero-order chi connectivity index (χ0) is 29.9. The maximum atomic E-state index is 14.4. The monoisotopic (exact) mass is 549 g/mol. The van der Waals surface area contributed by atoms with Crippen molar-refractivity contribution in [2.45, 2.75) is 60.3 Å². The van der Waals surface area contributed by atoms with Crippen molar-refractivity contribution in [2.24, 2.45) is 0 Å². The second-order valence-electron chi connectivity index (χ2n) is 11.9. The summed E-state index contributed by atoms with van der Waals surface area (Å²) in [6.07, 6.45) is 0. The second-order valence-corrected chi connectivity index (χ2v) is 11.9. The van der Waals surface area contributed by atoms with Crippen LogP contribution in [-0.2, 0) is 0 Å². The molecule has 208 valence electrons. The molecule has 1 aliphatic rings. The summed E-state index contributed by atoms with van der Waals surface area (Å²) in [5, 5.41) is 3.93. The summed E-state index contributed by atoms with van der Waals surface area (Å²) in [7, 11) is 0. The molecule has 5 aromatic carbocycles. The van der Waals surface area contributed by atoms with Crippen molar-refractivity contribution in [1.29, 1.82) is 0 Å². The number of para-hydroxylation sites is 1. The van der Waals surface area contributed by atoms with E-state index in [1.54, 1.807) is 0 Å². The van der Waals surface area contributed by atoms with Crippen LogP contribution in [0.2, 0.25) is 0 Å². The summed E-state index contributed by atoms with van der Waals surface area (Å²) >= 11 is 0. The Hall–Kier alpha value is -4.68. The summed E-state index contributed by atoms with van der Waals surface area (Å²) < 4.78 is 0. The van der Waals surface area contributed by atoms with E-state index in [1.165, 1.54) is 4.90 Å². The van der Waals surface area contributed by atoms with E-state index in [-0.39, 0.29) is 23.7 Å². The number of nitrogens with zero attached hydrogens (tertiary/aromatic N) is 1. The highest BCUT2D eigenvalue weighted by atomic mass is 16.2. The Labute approximate surface area is 248 Å². The molecule has 0 unspecified atom stereocenters. The average Bonchev–Trinajstić information content (AvgIpc) is 2.97.